The van der Waals surface area contributed by atoms with E-state index in [0.29, 0.717) is 5.76 Å². The number of rotatable bonds is 5. The van der Waals surface area contributed by atoms with Crippen molar-refractivity contribution in [3.05, 3.63) is 27.7 Å². The van der Waals surface area contributed by atoms with Crippen LogP contribution in [0.5, 0.6) is 0 Å². The van der Waals surface area contributed by atoms with Gasteiger partial charge in [0.25, 0.3) is 0 Å². The Bertz CT molecular complexity index is 367. The highest BCUT2D eigenvalue weighted by Crippen LogP contribution is 2.11. The average Bonchev–Trinajstić information content (AvgIpc) is 2.69. The second kappa shape index (κ2) is 6.73. The molecule has 0 aliphatic carbocycles. The molecule has 1 amide bonds. The van der Waals surface area contributed by atoms with Crippen LogP contribution in [-0.2, 0) is 4.79 Å². The molecular formula is C12H16INO2. The fraction of sp³-hybridized carbons (Fsp3) is 0.417. The minimum absolute atomic E-state index is 0.0693. The molecule has 0 bridgehead atoms. The second-order valence-corrected chi connectivity index (χ2v) is 4.56. The van der Waals surface area contributed by atoms with E-state index in [0.717, 1.165) is 16.6 Å². The number of carbonyl (C=O) groups is 1. The van der Waals surface area contributed by atoms with Crippen LogP contribution in [0, 0.1) is 3.77 Å². The molecule has 0 saturated heterocycles. The largest absolute Gasteiger partial charge is 0.451 e. The van der Waals surface area contributed by atoms with Gasteiger partial charge in [0.15, 0.2) is 3.77 Å². The highest BCUT2D eigenvalue weighted by Gasteiger charge is 2.05. The van der Waals surface area contributed by atoms with Crippen molar-refractivity contribution in [3.63, 3.8) is 0 Å². The molecule has 1 heterocycles. The third kappa shape index (κ3) is 4.38. The van der Waals surface area contributed by atoms with Crippen molar-refractivity contribution in [2.24, 2.45) is 0 Å². The van der Waals surface area contributed by atoms with Crippen molar-refractivity contribution in [3.8, 4) is 0 Å². The zero-order chi connectivity index (χ0) is 12.0. The number of hydrogen-bond donors (Lipinski definition) is 1. The van der Waals surface area contributed by atoms with Crippen molar-refractivity contribution in [1.29, 1.82) is 0 Å². The van der Waals surface area contributed by atoms with Crippen molar-refractivity contribution >= 4 is 34.6 Å². The molecule has 0 aliphatic rings. The maximum atomic E-state index is 11.5. The Labute approximate surface area is 109 Å². The minimum atomic E-state index is -0.0693. The Hall–Kier alpha value is -0.780. The predicted molar refractivity (Wildman–Crippen MR) is 73.0 cm³/mol. The summed E-state index contributed by atoms with van der Waals surface area (Å²) in [7, 11) is 0. The van der Waals surface area contributed by atoms with Crippen LogP contribution in [0.3, 0.4) is 0 Å². The number of carbonyl (C=O) groups excluding carboxylic acids is 1. The van der Waals surface area contributed by atoms with Gasteiger partial charge in [0.1, 0.15) is 5.76 Å². The molecule has 1 aromatic heterocycles. The summed E-state index contributed by atoms with van der Waals surface area (Å²) in [6, 6.07) is 3.95. The minimum Gasteiger partial charge on any atom is -0.451 e. The van der Waals surface area contributed by atoms with Gasteiger partial charge in [-0.25, -0.2) is 0 Å². The van der Waals surface area contributed by atoms with Crippen molar-refractivity contribution in [2.75, 3.05) is 0 Å². The fourth-order valence-electron chi connectivity index (χ4n) is 1.32. The van der Waals surface area contributed by atoms with Gasteiger partial charge in [-0.3, -0.25) is 4.79 Å². The van der Waals surface area contributed by atoms with Gasteiger partial charge in [0.05, 0.1) is 0 Å². The normalized spacial score (nSPS) is 11.2. The summed E-state index contributed by atoms with van der Waals surface area (Å²) in [6.45, 7) is 4.13. The molecule has 0 aliphatic heterocycles. The quantitative estimate of drug-likeness (QED) is 0.664. The van der Waals surface area contributed by atoms with E-state index in [4.69, 9.17) is 4.42 Å². The summed E-state index contributed by atoms with van der Waals surface area (Å²) in [6.07, 6.45) is 5.09. The molecule has 3 nitrogen and oxygen atoms in total. The molecule has 0 spiro atoms. The molecule has 0 atom stereocenters. The zero-order valence-electron chi connectivity index (χ0n) is 9.50. The lowest BCUT2D eigenvalue weighted by atomic mass is 10.2. The first-order valence-corrected chi connectivity index (χ1v) is 6.47. The first-order valence-electron chi connectivity index (χ1n) is 5.39. The van der Waals surface area contributed by atoms with Crippen LogP contribution >= 0.6 is 22.6 Å². The Balaban J connectivity index is 2.48. The SMILES string of the molecule is CCC(CC)NC(=O)C=Cc1ccc(I)o1. The lowest BCUT2D eigenvalue weighted by molar-refractivity contribution is -0.117. The van der Waals surface area contributed by atoms with E-state index in [-0.39, 0.29) is 11.9 Å². The van der Waals surface area contributed by atoms with Gasteiger partial charge in [-0.05, 0) is 53.6 Å². The van der Waals surface area contributed by atoms with E-state index in [1.165, 1.54) is 6.08 Å². The Kier molecular flexibility index (Phi) is 5.59. The molecule has 0 radical (unpaired) electrons. The second-order valence-electron chi connectivity index (χ2n) is 3.50. The van der Waals surface area contributed by atoms with Gasteiger partial charge in [-0.2, -0.15) is 0 Å². The molecule has 0 unspecified atom stereocenters. The van der Waals surface area contributed by atoms with Gasteiger partial charge in [0.2, 0.25) is 5.91 Å². The van der Waals surface area contributed by atoms with Gasteiger partial charge in [-0.15, -0.1) is 0 Å². The number of halogens is 1. The Morgan fingerprint density at radius 2 is 2.19 bits per heavy atom. The Morgan fingerprint density at radius 3 is 2.69 bits per heavy atom. The maximum absolute atomic E-state index is 11.5. The molecular weight excluding hydrogens is 317 g/mol. The predicted octanol–water partition coefficient (Wildman–Crippen LogP) is 3.20. The average molecular weight is 333 g/mol. The summed E-state index contributed by atoms with van der Waals surface area (Å²) >= 11 is 2.09. The van der Waals surface area contributed by atoms with Gasteiger partial charge >= 0.3 is 0 Å². The maximum Gasteiger partial charge on any atom is 0.244 e. The van der Waals surface area contributed by atoms with Gasteiger partial charge < -0.3 is 9.73 Å². The van der Waals surface area contributed by atoms with Crippen LogP contribution in [0.15, 0.2) is 22.6 Å². The number of nitrogens with one attached hydrogen (secondary N) is 1. The molecule has 16 heavy (non-hydrogen) atoms. The summed E-state index contributed by atoms with van der Waals surface area (Å²) in [5.41, 5.74) is 0. The lowest BCUT2D eigenvalue weighted by Gasteiger charge is -2.12. The van der Waals surface area contributed by atoms with E-state index in [1.54, 1.807) is 6.08 Å². The van der Waals surface area contributed by atoms with Crippen LogP contribution in [0.4, 0.5) is 0 Å². The van der Waals surface area contributed by atoms with Crippen molar-refractivity contribution < 1.29 is 9.21 Å². The third-order valence-electron chi connectivity index (χ3n) is 2.32. The first kappa shape index (κ1) is 13.3. The van der Waals surface area contributed by atoms with Crippen molar-refractivity contribution in [2.45, 2.75) is 32.7 Å². The highest BCUT2D eigenvalue weighted by molar-refractivity contribution is 14.1. The summed E-state index contributed by atoms with van der Waals surface area (Å²) < 4.78 is 6.13. The van der Waals surface area contributed by atoms with E-state index in [2.05, 4.69) is 41.8 Å². The first-order chi connectivity index (χ1) is 7.65. The molecule has 88 valence electrons. The van der Waals surface area contributed by atoms with E-state index in [1.807, 2.05) is 12.1 Å². The van der Waals surface area contributed by atoms with Gasteiger partial charge in [0, 0.05) is 12.1 Å². The molecule has 4 heteroatoms. The molecule has 0 saturated carbocycles. The van der Waals surface area contributed by atoms with Crippen molar-refractivity contribution in [1.82, 2.24) is 5.32 Å². The fourth-order valence-corrected chi connectivity index (χ4v) is 1.75. The molecule has 0 aromatic carbocycles. The smallest absolute Gasteiger partial charge is 0.244 e. The number of amides is 1. The van der Waals surface area contributed by atoms with E-state index in [9.17, 15) is 4.79 Å². The van der Waals surface area contributed by atoms with Gasteiger partial charge in [-0.1, -0.05) is 13.8 Å². The Morgan fingerprint density at radius 1 is 1.50 bits per heavy atom. The zero-order valence-corrected chi connectivity index (χ0v) is 11.7. The molecule has 1 rings (SSSR count). The summed E-state index contributed by atoms with van der Waals surface area (Å²) in [5, 5.41) is 2.92. The third-order valence-corrected chi connectivity index (χ3v) is 2.90. The topological polar surface area (TPSA) is 42.2 Å². The van der Waals surface area contributed by atoms with Crippen LogP contribution in [0.2, 0.25) is 0 Å². The lowest BCUT2D eigenvalue weighted by Crippen LogP contribution is -2.32. The van der Waals surface area contributed by atoms with Crippen LogP contribution in [0.1, 0.15) is 32.4 Å². The van der Waals surface area contributed by atoms with E-state index >= 15 is 0 Å². The van der Waals surface area contributed by atoms with Crippen LogP contribution in [-0.4, -0.2) is 11.9 Å². The molecule has 0 fully saturated rings. The highest BCUT2D eigenvalue weighted by atomic mass is 127. The molecule has 1 aromatic rings. The summed E-state index contributed by atoms with van der Waals surface area (Å²) in [5.74, 6) is 0.629. The monoisotopic (exact) mass is 333 g/mol. The van der Waals surface area contributed by atoms with E-state index < -0.39 is 0 Å². The standard InChI is InChI=1S/C12H16INO2/c1-3-9(4-2)14-12(15)8-6-10-5-7-11(13)16-10/h5-9H,3-4H2,1-2H3,(H,14,15). The van der Waals surface area contributed by atoms with Crippen LogP contribution in [0.25, 0.3) is 6.08 Å². The molecule has 1 N–H and O–H groups in total. The summed E-state index contributed by atoms with van der Waals surface area (Å²) in [4.78, 5) is 11.5. The number of furan rings is 1. The number of hydrogen-bond acceptors (Lipinski definition) is 2. The van der Waals surface area contributed by atoms with Crippen LogP contribution < -0.4 is 5.32 Å².